The van der Waals surface area contributed by atoms with Crippen LogP contribution in [0.2, 0.25) is 0 Å². The SMILES string of the molecule is C=CC(=O)N1CCN(c2nc(OCCCN3CCOCC3)nc3c2CCN(c2cccc4cccc(C)c24)C3)CC1. The first-order valence-corrected chi connectivity index (χ1v) is 14.8. The molecule has 0 atom stereocenters. The molecule has 1 aromatic heterocycles. The summed E-state index contributed by atoms with van der Waals surface area (Å²) in [7, 11) is 0. The van der Waals surface area contributed by atoms with Gasteiger partial charge in [0, 0.05) is 69.0 Å². The van der Waals surface area contributed by atoms with Gasteiger partial charge < -0.3 is 24.2 Å². The van der Waals surface area contributed by atoms with Crippen LogP contribution in [0, 0.1) is 6.92 Å². The Kier molecular flexibility index (Phi) is 8.34. The van der Waals surface area contributed by atoms with Gasteiger partial charge in [0.1, 0.15) is 5.82 Å². The second kappa shape index (κ2) is 12.4. The predicted octanol–water partition coefficient (Wildman–Crippen LogP) is 3.44. The van der Waals surface area contributed by atoms with Gasteiger partial charge in [-0.1, -0.05) is 36.9 Å². The van der Waals surface area contributed by atoms with Crippen molar-refractivity contribution in [1.82, 2.24) is 19.8 Å². The average molecular weight is 557 g/mol. The number of amides is 1. The van der Waals surface area contributed by atoms with Gasteiger partial charge >= 0.3 is 6.01 Å². The molecular formula is C32H40N6O3. The molecule has 9 heteroatoms. The molecule has 41 heavy (non-hydrogen) atoms. The molecule has 1 amide bonds. The zero-order chi connectivity index (χ0) is 28.2. The third-order valence-corrected chi connectivity index (χ3v) is 8.47. The summed E-state index contributed by atoms with van der Waals surface area (Å²) >= 11 is 0. The average Bonchev–Trinajstić information content (AvgIpc) is 3.02. The van der Waals surface area contributed by atoms with Gasteiger partial charge in [0.15, 0.2) is 0 Å². The van der Waals surface area contributed by atoms with Crippen LogP contribution in [0.1, 0.15) is 23.2 Å². The molecule has 216 valence electrons. The fourth-order valence-corrected chi connectivity index (χ4v) is 6.23. The lowest BCUT2D eigenvalue weighted by Crippen LogP contribution is -2.49. The van der Waals surface area contributed by atoms with Crippen LogP contribution in [0.5, 0.6) is 6.01 Å². The summed E-state index contributed by atoms with van der Waals surface area (Å²) < 4.78 is 11.7. The van der Waals surface area contributed by atoms with E-state index in [0.717, 1.165) is 76.8 Å². The van der Waals surface area contributed by atoms with Crippen LogP contribution in [-0.4, -0.2) is 97.9 Å². The fourth-order valence-electron chi connectivity index (χ4n) is 6.23. The van der Waals surface area contributed by atoms with Crippen molar-refractivity contribution >= 4 is 28.2 Å². The lowest BCUT2D eigenvalue weighted by molar-refractivity contribution is -0.126. The molecule has 0 bridgehead atoms. The number of hydrogen-bond acceptors (Lipinski definition) is 8. The number of nitrogens with zero attached hydrogens (tertiary/aromatic N) is 6. The molecule has 3 aromatic rings. The third-order valence-electron chi connectivity index (χ3n) is 8.47. The predicted molar refractivity (Wildman–Crippen MR) is 162 cm³/mol. The van der Waals surface area contributed by atoms with Gasteiger partial charge in [0.25, 0.3) is 0 Å². The molecule has 3 aliphatic heterocycles. The maximum atomic E-state index is 12.2. The summed E-state index contributed by atoms with van der Waals surface area (Å²) in [5.74, 6) is 0.942. The number of fused-ring (bicyclic) bond motifs is 2. The Morgan fingerprint density at radius 2 is 1.78 bits per heavy atom. The lowest BCUT2D eigenvalue weighted by Gasteiger charge is -2.38. The number of ether oxygens (including phenoxy) is 2. The van der Waals surface area contributed by atoms with Gasteiger partial charge in [-0.05, 0) is 42.9 Å². The first kappa shape index (κ1) is 27.5. The molecule has 0 saturated carbocycles. The first-order chi connectivity index (χ1) is 20.1. The zero-order valence-corrected chi connectivity index (χ0v) is 24.1. The molecule has 0 aliphatic carbocycles. The number of piperazine rings is 1. The number of hydrogen-bond donors (Lipinski definition) is 0. The smallest absolute Gasteiger partial charge is 0.318 e. The van der Waals surface area contributed by atoms with E-state index in [1.54, 1.807) is 0 Å². The van der Waals surface area contributed by atoms with E-state index in [-0.39, 0.29) is 5.91 Å². The Morgan fingerprint density at radius 1 is 1.00 bits per heavy atom. The van der Waals surface area contributed by atoms with Gasteiger partial charge in [-0.3, -0.25) is 9.69 Å². The molecule has 0 N–H and O–H groups in total. The van der Waals surface area contributed by atoms with Crippen molar-refractivity contribution in [3.05, 3.63) is 65.9 Å². The Bertz CT molecular complexity index is 1390. The van der Waals surface area contributed by atoms with Crippen LogP contribution in [0.15, 0.2) is 49.1 Å². The second-order valence-electron chi connectivity index (χ2n) is 11.0. The van der Waals surface area contributed by atoms with E-state index in [4.69, 9.17) is 19.4 Å². The molecule has 0 radical (unpaired) electrons. The Hall–Kier alpha value is -3.69. The van der Waals surface area contributed by atoms with Crippen molar-refractivity contribution in [2.45, 2.75) is 26.3 Å². The van der Waals surface area contributed by atoms with Gasteiger partial charge in [0.05, 0.1) is 32.1 Å². The molecule has 0 unspecified atom stereocenters. The topological polar surface area (TPSA) is 74.3 Å². The Balaban J connectivity index is 1.24. The van der Waals surface area contributed by atoms with E-state index in [2.05, 4.69) is 64.6 Å². The highest BCUT2D eigenvalue weighted by atomic mass is 16.5. The summed E-state index contributed by atoms with van der Waals surface area (Å²) in [5, 5.41) is 2.56. The molecule has 6 rings (SSSR count). The number of rotatable bonds is 8. The highest BCUT2D eigenvalue weighted by Crippen LogP contribution is 2.35. The minimum atomic E-state index is -0.0142. The standard InChI is InChI=1S/C32H40N6O3/c1-3-29(39)36-14-16-37(17-15-36)31-26-11-13-38(28-10-5-9-25-8-4-7-24(2)30(25)28)23-27(26)33-32(34-31)41-20-6-12-35-18-21-40-22-19-35/h3-5,7-10H,1,6,11-23H2,2H3. The highest BCUT2D eigenvalue weighted by molar-refractivity contribution is 5.97. The number of aryl methyl sites for hydroxylation is 1. The molecule has 9 nitrogen and oxygen atoms in total. The highest BCUT2D eigenvalue weighted by Gasteiger charge is 2.29. The van der Waals surface area contributed by atoms with Crippen molar-refractivity contribution in [3.63, 3.8) is 0 Å². The van der Waals surface area contributed by atoms with E-state index in [1.807, 2.05) is 4.90 Å². The van der Waals surface area contributed by atoms with E-state index < -0.39 is 0 Å². The van der Waals surface area contributed by atoms with Crippen molar-refractivity contribution < 1.29 is 14.3 Å². The zero-order valence-electron chi connectivity index (χ0n) is 24.1. The van der Waals surface area contributed by atoms with Gasteiger partial charge in [-0.2, -0.15) is 9.97 Å². The molecule has 2 saturated heterocycles. The monoisotopic (exact) mass is 556 g/mol. The largest absolute Gasteiger partial charge is 0.463 e. The maximum Gasteiger partial charge on any atom is 0.318 e. The van der Waals surface area contributed by atoms with E-state index in [9.17, 15) is 4.79 Å². The molecule has 2 aromatic carbocycles. The van der Waals surface area contributed by atoms with Gasteiger partial charge in [-0.15, -0.1) is 0 Å². The van der Waals surface area contributed by atoms with Gasteiger partial charge in [0.2, 0.25) is 5.91 Å². The minimum absolute atomic E-state index is 0.0142. The van der Waals surface area contributed by atoms with E-state index >= 15 is 0 Å². The van der Waals surface area contributed by atoms with Crippen LogP contribution in [0.4, 0.5) is 11.5 Å². The number of carbonyl (C=O) groups excluding carboxylic acids is 1. The molecular weight excluding hydrogens is 516 g/mol. The Labute approximate surface area is 242 Å². The first-order valence-electron chi connectivity index (χ1n) is 14.8. The van der Waals surface area contributed by atoms with Crippen molar-refractivity contribution in [1.29, 1.82) is 0 Å². The second-order valence-corrected chi connectivity index (χ2v) is 11.0. The minimum Gasteiger partial charge on any atom is -0.463 e. The number of morpholine rings is 1. The Morgan fingerprint density at radius 3 is 2.56 bits per heavy atom. The number of carbonyl (C=O) groups is 1. The van der Waals surface area contributed by atoms with E-state index in [0.29, 0.717) is 32.3 Å². The summed E-state index contributed by atoms with van der Waals surface area (Å²) in [6, 6.07) is 13.5. The van der Waals surface area contributed by atoms with Crippen molar-refractivity contribution in [2.75, 3.05) is 82.0 Å². The summed E-state index contributed by atoms with van der Waals surface area (Å²) in [4.78, 5) is 31.1. The van der Waals surface area contributed by atoms with Crippen LogP contribution in [0.3, 0.4) is 0 Å². The van der Waals surface area contributed by atoms with Crippen LogP contribution in [0.25, 0.3) is 10.8 Å². The summed E-state index contributed by atoms with van der Waals surface area (Å²) in [6.45, 7) is 15.3. The number of benzene rings is 2. The van der Waals surface area contributed by atoms with Crippen LogP contribution < -0.4 is 14.5 Å². The lowest BCUT2D eigenvalue weighted by atomic mass is 9.99. The fraction of sp³-hybridized carbons (Fsp3) is 0.469. The molecule has 4 heterocycles. The van der Waals surface area contributed by atoms with Crippen LogP contribution >= 0.6 is 0 Å². The summed E-state index contributed by atoms with van der Waals surface area (Å²) in [5.41, 5.74) is 4.75. The third kappa shape index (κ3) is 6.01. The molecule has 2 fully saturated rings. The normalized spacial score (nSPS) is 17.9. The van der Waals surface area contributed by atoms with Crippen molar-refractivity contribution in [3.8, 4) is 6.01 Å². The maximum absolute atomic E-state index is 12.2. The molecule has 0 spiro atoms. The van der Waals surface area contributed by atoms with Crippen molar-refractivity contribution in [2.24, 2.45) is 0 Å². The molecule has 3 aliphatic rings. The number of anilines is 2. The van der Waals surface area contributed by atoms with Gasteiger partial charge in [-0.25, -0.2) is 0 Å². The summed E-state index contributed by atoms with van der Waals surface area (Å²) in [6.07, 6.45) is 3.17. The van der Waals surface area contributed by atoms with E-state index in [1.165, 1.54) is 33.7 Å². The number of aromatic nitrogens is 2. The van der Waals surface area contributed by atoms with Crippen LogP contribution in [-0.2, 0) is 22.5 Å². The quantitative estimate of drug-likeness (QED) is 0.309.